The number of H-pyrrole nitrogens is 1. The quantitative estimate of drug-likeness (QED) is 0.738. The van der Waals surface area contributed by atoms with Gasteiger partial charge in [-0.15, -0.1) is 0 Å². The highest BCUT2D eigenvalue weighted by molar-refractivity contribution is 5.92. The second-order valence-corrected chi connectivity index (χ2v) is 6.58. The zero-order valence-electron chi connectivity index (χ0n) is 14.7. The normalized spacial score (nSPS) is 17.3. The maximum Gasteiger partial charge on any atom is 0.322 e. The van der Waals surface area contributed by atoms with Crippen molar-refractivity contribution in [1.82, 2.24) is 15.1 Å². The molecule has 0 unspecified atom stereocenters. The SMILES string of the molecule is COc1cccc([C@H]2CCCCN2C(=O)Nc2ccc3cn[nH]c3c2)c1. The first-order chi connectivity index (χ1) is 12.7. The van der Waals surface area contributed by atoms with E-state index in [2.05, 4.69) is 21.6 Å². The van der Waals surface area contributed by atoms with Gasteiger partial charge in [0.05, 0.1) is 24.9 Å². The summed E-state index contributed by atoms with van der Waals surface area (Å²) in [5.74, 6) is 0.818. The predicted molar refractivity (Wildman–Crippen MR) is 101 cm³/mol. The summed E-state index contributed by atoms with van der Waals surface area (Å²) < 4.78 is 5.34. The summed E-state index contributed by atoms with van der Waals surface area (Å²) in [4.78, 5) is 14.9. The lowest BCUT2D eigenvalue weighted by Gasteiger charge is -2.36. The fourth-order valence-corrected chi connectivity index (χ4v) is 3.58. The molecule has 0 aliphatic carbocycles. The van der Waals surface area contributed by atoms with Gasteiger partial charge in [0, 0.05) is 17.6 Å². The number of rotatable bonds is 3. The topological polar surface area (TPSA) is 70.2 Å². The minimum atomic E-state index is -0.0728. The van der Waals surface area contributed by atoms with Gasteiger partial charge in [-0.1, -0.05) is 12.1 Å². The number of nitrogens with zero attached hydrogens (tertiary/aromatic N) is 2. The van der Waals surface area contributed by atoms with Crippen LogP contribution >= 0.6 is 0 Å². The number of anilines is 1. The molecule has 1 atom stereocenters. The fraction of sp³-hybridized carbons (Fsp3) is 0.300. The van der Waals surface area contributed by atoms with Gasteiger partial charge in [-0.2, -0.15) is 5.10 Å². The number of hydrogen-bond donors (Lipinski definition) is 2. The van der Waals surface area contributed by atoms with Gasteiger partial charge in [-0.05, 0) is 55.2 Å². The van der Waals surface area contributed by atoms with Crippen molar-refractivity contribution < 1.29 is 9.53 Å². The number of benzene rings is 2. The van der Waals surface area contributed by atoms with Crippen LogP contribution < -0.4 is 10.1 Å². The van der Waals surface area contributed by atoms with Crippen LogP contribution in [0.1, 0.15) is 30.9 Å². The molecule has 1 saturated heterocycles. The van der Waals surface area contributed by atoms with Gasteiger partial charge in [0.25, 0.3) is 0 Å². The highest BCUT2D eigenvalue weighted by Gasteiger charge is 2.28. The Balaban J connectivity index is 1.55. The summed E-state index contributed by atoms with van der Waals surface area (Å²) in [6, 6.07) is 13.7. The molecular weight excluding hydrogens is 328 g/mol. The van der Waals surface area contributed by atoms with E-state index in [0.29, 0.717) is 0 Å². The number of piperidine rings is 1. The number of hydrogen-bond acceptors (Lipinski definition) is 3. The third-order valence-electron chi connectivity index (χ3n) is 4.94. The van der Waals surface area contributed by atoms with Crippen LogP contribution in [0.25, 0.3) is 10.9 Å². The molecule has 0 bridgehead atoms. The molecule has 1 aliphatic heterocycles. The number of nitrogens with one attached hydrogen (secondary N) is 2. The Hall–Kier alpha value is -3.02. The fourth-order valence-electron chi connectivity index (χ4n) is 3.58. The molecule has 0 spiro atoms. The molecule has 2 aromatic carbocycles. The first kappa shape index (κ1) is 16.4. The van der Waals surface area contributed by atoms with E-state index in [9.17, 15) is 4.79 Å². The van der Waals surface area contributed by atoms with Crippen molar-refractivity contribution in [3.63, 3.8) is 0 Å². The Bertz CT molecular complexity index is 921. The minimum absolute atomic E-state index is 0.0646. The summed E-state index contributed by atoms with van der Waals surface area (Å²) in [6.07, 6.45) is 4.86. The molecule has 134 valence electrons. The van der Waals surface area contributed by atoms with Gasteiger partial charge >= 0.3 is 6.03 Å². The van der Waals surface area contributed by atoms with E-state index in [1.165, 1.54) is 0 Å². The number of ether oxygens (including phenoxy) is 1. The number of aromatic nitrogens is 2. The number of fused-ring (bicyclic) bond motifs is 1. The van der Waals surface area contributed by atoms with E-state index >= 15 is 0 Å². The summed E-state index contributed by atoms with van der Waals surface area (Å²) in [5.41, 5.74) is 2.79. The molecule has 2 amide bonds. The lowest BCUT2D eigenvalue weighted by molar-refractivity contribution is 0.163. The molecule has 1 aromatic heterocycles. The Kier molecular flexibility index (Phi) is 4.48. The van der Waals surface area contributed by atoms with E-state index < -0.39 is 0 Å². The van der Waals surface area contributed by atoms with Gasteiger partial charge in [-0.25, -0.2) is 4.79 Å². The van der Waals surface area contributed by atoms with Gasteiger partial charge in [0.2, 0.25) is 0 Å². The molecule has 2 N–H and O–H groups in total. The van der Waals surface area contributed by atoms with Crippen LogP contribution in [0.15, 0.2) is 48.7 Å². The van der Waals surface area contributed by atoms with Crippen molar-refractivity contribution in [2.24, 2.45) is 0 Å². The molecular formula is C20H22N4O2. The van der Waals surface area contributed by atoms with E-state index in [0.717, 1.165) is 53.7 Å². The molecule has 6 heteroatoms. The zero-order valence-corrected chi connectivity index (χ0v) is 14.7. The van der Waals surface area contributed by atoms with Crippen molar-refractivity contribution in [2.45, 2.75) is 25.3 Å². The monoisotopic (exact) mass is 350 g/mol. The van der Waals surface area contributed by atoms with Crippen LogP contribution in [-0.4, -0.2) is 34.8 Å². The number of amides is 2. The van der Waals surface area contributed by atoms with E-state index in [1.54, 1.807) is 13.3 Å². The second-order valence-electron chi connectivity index (χ2n) is 6.58. The number of urea groups is 1. The summed E-state index contributed by atoms with van der Waals surface area (Å²) in [5, 5.41) is 11.0. The Morgan fingerprint density at radius 1 is 1.27 bits per heavy atom. The number of carbonyl (C=O) groups is 1. The third-order valence-corrected chi connectivity index (χ3v) is 4.94. The van der Waals surface area contributed by atoms with E-state index in [-0.39, 0.29) is 12.1 Å². The van der Waals surface area contributed by atoms with Crippen molar-refractivity contribution in [2.75, 3.05) is 19.0 Å². The molecule has 4 rings (SSSR count). The van der Waals surface area contributed by atoms with Crippen LogP contribution in [-0.2, 0) is 0 Å². The van der Waals surface area contributed by atoms with Gasteiger partial charge in [0.1, 0.15) is 5.75 Å². The molecule has 2 heterocycles. The Labute approximate surface area is 152 Å². The van der Waals surface area contributed by atoms with E-state index in [1.807, 2.05) is 41.3 Å². The number of likely N-dealkylation sites (tertiary alicyclic amines) is 1. The summed E-state index contributed by atoms with van der Waals surface area (Å²) >= 11 is 0. The van der Waals surface area contributed by atoms with Gasteiger partial charge in [-0.3, -0.25) is 5.10 Å². The Morgan fingerprint density at radius 3 is 3.08 bits per heavy atom. The third kappa shape index (κ3) is 3.22. The van der Waals surface area contributed by atoms with Crippen molar-refractivity contribution in [1.29, 1.82) is 0 Å². The van der Waals surface area contributed by atoms with Gasteiger partial charge in [0.15, 0.2) is 0 Å². The first-order valence-corrected chi connectivity index (χ1v) is 8.89. The molecule has 1 aliphatic rings. The zero-order chi connectivity index (χ0) is 17.9. The molecule has 3 aromatic rings. The maximum absolute atomic E-state index is 12.9. The van der Waals surface area contributed by atoms with Crippen LogP contribution in [0.4, 0.5) is 10.5 Å². The predicted octanol–water partition coefficient (Wildman–Crippen LogP) is 4.33. The largest absolute Gasteiger partial charge is 0.497 e. The highest BCUT2D eigenvalue weighted by Crippen LogP contribution is 2.33. The molecule has 0 saturated carbocycles. The van der Waals surface area contributed by atoms with Crippen LogP contribution in [0.3, 0.4) is 0 Å². The lowest BCUT2D eigenvalue weighted by atomic mass is 9.95. The number of methoxy groups -OCH3 is 1. The molecule has 26 heavy (non-hydrogen) atoms. The second kappa shape index (κ2) is 7.07. The number of aromatic amines is 1. The van der Waals surface area contributed by atoms with Crippen LogP contribution in [0, 0.1) is 0 Å². The number of carbonyl (C=O) groups excluding carboxylic acids is 1. The van der Waals surface area contributed by atoms with E-state index in [4.69, 9.17) is 4.74 Å². The Morgan fingerprint density at radius 2 is 2.19 bits per heavy atom. The molecule has 6 nitrogen and oxygen atoms in total. The van der Waals surface area contributed by atoms with Gasteiger partial charge < -0.3 is 15.0 Å². The lowest BCUT2D eigenvalue weighted by Crippen LogP contribution is -2.41. The van der Waals surface area contributed by atoms with Crippen molar-refractivity contribution >= 4 is 22.6 Å². The first-order valence-electron chi connectivity index (χ1n) is 8.89. The summed E-state index contributed by atoms with van der Waals surface area (Å²) in [7, 11) is 1.66. The maximum atomic E-state index is 12.9. The van der Waals surface area contributed by atoms with Crippen molar-refractivity contribution in [3.8, 4) is 5.75 Å². The molecule has 1 fully saturated rings. The average molecular weight is 350 g/mol. The van der Waals surface area contributed by atoms with Crippen LogP contribution in [0.5, 0.6) is 5.75 Å². The summed E-state index contributed by atoms with van der Waals surface area (Å²) in [6.45, 7) is 0.750. The van der Waals surface area contributed by atoms with Crippen molar-refractivity contribution in [3.05, 3.63) is 54.2 Å². The highest BCUT2D eigenvalue weighted by atomic mass is 16.5. The standard InChI is InChI=1S/C20H22N4O2/c1-26-17-6-4-5-14(11-17)19-7-2-3-10-24(19)20(25)22-16-9-8-15-13-21-23-18(15)12-16/h4-6,8-9,11-13,19H,2-3,7,10H2,1H3,(H,21,23)(H,22,25)/t19-/m1/s1. The van der Waals surface area contributed by atoms with Crippen LogP contribution in [0.2, 0.25) is 0 Å². The minimum Gasteiger partial charge on any atom is -0.497 e. The molecule has 0 radical (unpaired) electrons. The average Bonchev–Trinajstić information content (AvgIpc) is 3.16. The smallest absolute Gasteiger partial charge is 0.322 e.